The third kappa shape index (κ3) is 2.98. The zero-order chi connectivity index (χ0) is 19.1. The van der Waals surface area contributed by atoms with Crippen LogP contribution in [0.25, 0.3) is 16.7 Å². The number of aryl methyl sites for hydroxylation is 1. The van der Waals surface area contributed by atoms with Gasteiger partial charge in [-0.2, -0.15) is 5.10 Å². The highest BCUT2D eigenvalue weighted by Gasteiger charge is 2.39. The van der Waals surface area contributed by atoms with Gasteiger partial charge in [0.25, 0.3) is 0 Å². The second kappa shape index (κ2) is 6.88. The first-order valence-electron chi connectivity index (χ1n) is 10.5. The Morgan fingerprint density at radius 2 is 2.07 bits per heavy atom. The fourth-order valence-corrected chi connectivity index (χ4v) is 4.74. The van der Waals surface area contributed by atoms with Crippen molar-refractivity contribution in [2.75, 3.05) is 5.32 Å². The highest BCUT2D eigenvalue weighted by molar-refractivity contribution is 5.96. The van der Waals surface area contributed by atoms with Crippen LogP contribution in [0, 0.1) is 0 Å². The summed E-state index contributed by atoms with van der Waals surface area (Å²) in [5, 5.41) is 9.25. The van der Waals surface area contributed by atoms with Crippen molar-refractivity contribution in [2.24, 2.45) is 0 Å². The summed E-state index contributed by atoms with van der Waals surface area (Å²) >= 11 is 0. The van der Waals surface area contributed by atoms with Gasteiger partial charge in [0.05, 0.1) is 23.0 Å². The van der Waals surface area contributed by atoms with Gasteiger partial charge in [0.1, 0.15) is 11.4 Å². The van der Waals surface area contributed by atoms with Crippen LogP contribution in [-0.2, 0) is 16.2 Å². The predicted octanol–water partition coefficient (Wildman–Crippen LogP) is 3.56. The summed E-state index contributed by atoms with van der Waals surface area (Å²) in [6.45, 7) is 2.85. The summed E-state index contributed by atoms with van der Waals surface area (Å²) in [6.07, 6.45) is 13.6. The Hall–Kier alpha value is -2.41. The second-order valence-corrected chi connectivity index (χ2v) is 8.24. The van der Waals surface area contributed by atoms with Crippen LogP contribution in [0.3, 0.4) is 0 Å². The molecule has 0 radical (unpaired) electrons. The highest BCUT2D eigenvalue weighted by Crippen LogP contribution is 2.41. The Balaban J connectivity index is 1.55. The molecular weight excluding hydrogens is 354 g/mol. The van der Waals surface area contributed by atoms with E-state index in [1.165, 1.54) is 12.8 Å². The first-order chi connectivity index (χ1) is 13.7. The molecule has 1 aliphatic heterocycles. The molecule has 148 valence electrons. The molecule has 3 heterocycles. The minimum absolute atomic E-state index is 0.174. The van der Waals surface area contributed by atoms with Gasteiger partial charge in [-0.05, 0) is 38.7 Å². The van der Waals surface area contributed by atoms with E-state index in [1.807, 2.05) is 17.1 Å². The van der Waals surface area contributed by atoms with Crippen molar-refractivity contribution in [3.8, 4) is 0 Å². The molecule has 2 aromatic heterocycles. The normalized spacial score (nSPS) is 22.0. The Morgan fingerprint density at radius 1 is 1.29 bits per heavy atom. The Labute approximate surface area is 164 Å². The molecule has 0 unspecified atom stereocenters. The summed E-state index contributed by atoms with van der Waals surface area (Å²) in [7, 11) is 0. The van der Waals surface area contributed by atoms with Crippen LogP contribution in [0.15, 0.2) is 18.5 Å². The summed E-state index contributed by atoms with van der Waals surface area (Å²) in [5.74, 6) is 0.369. The minimum atomic E-state index is -0.174. The molecule has 0 amide bonds. The number of pyridine rings is 1. The quantitative estimate of drug-likeness (QED) is 0.843. The smallest absolute Gasteiger partial charge is 0.159 e. The third-order valence-corrected chi connectivity index (χ3v) is 6.37. The molecule has 2 fully saturated rings. The van der Waals surface area contributed by atoms with Gasteiger partial charge < -0.3 is 5.32 Å². The molecule has 2 aliphatic carbocycles. The van der Waals surface area contributed by atoms with E-state index in [1.54, 1.807) is 0 Å². The van der Waals surface area contributed by atoms with Crippen LogP contribution in [0.2, 0.25) is 0 Å². The van der Waals surface area contributed by atoms with Crippen LogP contribution in [-0.4, -0.2) is 32.2 Å². The van der Waals surface area contributed by atoms with Crippen molar-refractivity contribution in [1.29, 1.82) is 0 Å². The van der Waals surface area contributed by atoms with Crippen LogP contribution in [0.5, 0.6) is 0 Å². The monoisotopic (exact) mass is 381 g/mol. The van der Waals surface area contributed by atoms with Crippen LogP contribution in [0.4, 0.5) is 5.69 Å². The molecule has 2 N–H and O–H groups in total. The number of carbonyl (C=O) groups is 1. The van der Waals surface area contributed by atoms with Gasteiger partial charge in [0, 0.05) is 37.2 Å². The van der Waals surface area contributed by atoms with E-state index in [0.717, 1.165) is 60.2 Å². The number of anilines is 1. The number of carbonyl (C=O) groups excluding carboxylic acids is 1. The van der Waals surface area contributed by atoms with Crippen molar-refractivity contribution in [1.82, 2.24) is 20.2 Å². The number of Topliss-reactive ketones (excluding diaryl/α,β-unsaturated/α-hetero) is 1. The van der Waals surface area contributed by atoms with Crippen molar-refractivity contribution < 1.29 is 9.63 Å². The average molecular weight is 381 g/mol. The average Bonchev–Trinajstić information content (AvgIpc) is 3.44. The fraction of sp³-hybridized carbons (Fsp3) is 0.571. The molecule has 7 heteroatoms. The number of hydrogen-bond donors (Lipinski definition) is 2. The zero-order valence-electron chi connectivity index (χ0n) is 16.3. The maximum Gasteiger partial charge on any atom is 0.159 e. The Morgan fingerprint density at radius 3 is 2.82 bits per heavy atom. The number of nitrogens with zero attached hydrogens (tertiary/aromatic N) is 3. The number of hydroxylamine groups is 1. The van der Waals surface area contributed by atoms with E-state index >= 15 is 0 Å². The van der Waals surface area contributed by atoms with E-state index in [-0.39, 0.29) is 11.6 Å². The van der Waals surface area contributed by atoms with Crippen molar-refractivity contribution in [3.63, 3.8) is 0 Å². The zero-order valence-corrected chi connectivity index (χ0v) is 16.3. The molecule has 0 atom stereocenters. The molecule has 2 aromatic rings. The second-order valence-electron chi connectivity index (χ2n) is 8.24. The highest BCUT2D eigenvalue weighted by atomic mass is 16.7. The van der Waals surface area contributed by atoms with Crippen molar-refractivity contribution >= 4 is 28.2 Å². The lowest BCUT2D eigenvalue weighted by atomic mass is 9.93. The summed E-state index contributed by atoms with van der Waals surface area (Å²) < 4.78 is 1.92. The Bertz CT molecular complexity index is 932. The predicted molar refractivity (Wildman–Crippen MR) is 107 cm³/mol. The number of fused-ring (bicyclic) bond motifs is 1. The van der Waals surface area contributed by atoms with E-state index in [4.69, 9.17) is 9.82 Å². The first kappa shape index (κ1) is 17.7. The first-order valence-corrected chi connectivity index (χ1v) is 10.5. The molecule has 1 spiro atoms. The molecule has 28 heavy (non-hydrogen) atoms. The van der Waals surface area contributed by atoms with Gasteiger partial charge in [-0.1, -0.05) is 12.8 Å². The van der Waals surface area contributed by atoms with Crippen molar-refractivity contribution in [3.05, 3.63) is 24.0 Å². The maximum absolute atomic E-state index is 11.6. The lowest BCUT2D eigenvalue weighted by Gasteiger charge is -2.25. The lowest BCUT2D eigenvalue weighted by Crippen LogP contribution is -2.27. The number of rotatable bonds is 4. The number of nitrogens with one attached hydrogen (secondary N) is 2. The lowest BCUT2D eigenvalue weighted by molar-refractivity contribution is -0.120. The number of ketones is 1. The van der Waals surface area contributed by atoms with Gasteiger partial charge >= 0.3 is 0 Å². The van der Waals surface area contributed by atoms with Gasteiger partial charge in [-0.15, -0.1) is 0 Å². The molecule has 0 bridgehead atoms. The molecule has 0 saturated heterocycles. The molecule has 0 aromatic carbocycles. The van der Waals surface area contributed by atoms with E-state index in [2.05, 4.69) is 28.9 Å². The Kier molecular flexibility index (Phi) is 4.34. The molecule has 5 rings (SSSR count). The topological polar surface area (TPSA) is 81.1 Å². The van der Waals surface area contributed by atoms with Crippen LogP contribution >= 0.6 is 0 Å². The van der Waals surface area contributed by atoms with Gasteiger partial charge in [-0.3, -0.25) is 15.1 Å². The standard InChI is InChI=1S/C21H27N5O2/c1-2-26-20-17(13-23-26)19(24-14-5-7-15(27)8-6-14)16(12-22-20)18-11-21(28-25-18)9-3-4-10-21/h11-14,25H,2-10H2,1H3,(H,22,24). The van der Waals surface area contributed by atoms with E-state index in [0.29, 0.717) is 18.6 Å². The summed E-state index contributed by atoms with van der Waals surface area (Å²) in [5.41, 5.74) is 6.93. The maximum atomic E-state index is 11.6. The number of hydrogen-bond acceptors (Lipinski definition) is 6. The largest absolute Gasteiger partial charge is 0.381 e. The number of aromatic nitrogens is 3. The molecule has 7 nitrogen and oxygen atoms in total. The van der Waals surface area contributed by atoms with E-state index < -0.39 is 0 Å². The van der Waals surface area contributed by atoms with Crippen molar-refractivity contribution in [2.45, 2.75) is 76.5 Å². The molecule has 3 aliphatic rings. The fourth-order valence-electron chi connectivity index (χ4n) is 4.74. The van der Waals surface area contributed by atoms with Crippen LogP contribution < -0.4 is 10.8 Å². The van der Waals surface area contributed by atoms with Gasteiger partial charge in [-0.25, -0.2) is 9.67 Å². The van der Waals surface area contributed by atoms with Crippen LogP contribution in [0.1, 0.15) is 63.9 Å². The van der Waals surface area contributed by atoms with Gasteiger partial charge in [0.15, 0.2) is 5.65 Å². The third-order valence-electron chi connectivity index (χ3n) is 6.37. The summed E-state index contributed by atoms with van der Waals surface area (Å²) in [4.78, 5) is 22.4. The van der Waals surface area contributed by atoms with E-state index in [9.17, 15) is 4.79 Å². The summed E-state index contributed by atoms with van der Waals surface area (Å²) in [6, 6.07) is 0.287. The SMILES string of the molecule is CCn1ncc2c(NC3CCC(=O)CC3)c(C3=CC4(CCCC4)ON3)cnc21. The molecular formula is C21H27N5O2. The van der Waals surface area contributed by atoms with Gasteiger partial charge in [0.2, 0.25) is 0 Å². The minimum Gasteiger partial charge on any atom is -0.381 e. The molecule has 2 saturated carbocycles.